The quantitative estimate of drug-likeness (QED) is 0.743. The van der Waals surface area contributed by atoms with Crippen LogP contribution in [0.1, 0.15) is 42.9 Å². The molecule has 2 heterocycles. The van der Waals surface area contributed by atoms with Crippen molar-refractivity contribution in [2.75, 3.05) is 0 Å². The first-order valence-corrected chi connectivity index (χ1v) is 7.14. The van der Waals surface area contributed by atoms with Crippen LogP contribution in [0, 0.1) is 13.8 Å². The maximum absolute atomic E-state index is 12.4. The average Bonchev–Trinajstić information content (AvgIpc) is 2.88. The number of aromatic nitrogens is 2. The van der Waals surface area contributed by atoms with Crippen molar-refractivity contribution in [3.05, 3.63) is 38.9 Å². The van der Waals surface area contributed by atoms with Gasteiger partial charge in [0.05, 0.1) is 5.52 Å². The van der Waals surface area contributed by atoms with E-state index < -0.39 is 0 Å². The van der Waals surface area contributed by atoms with Gasteiger partial charge < -0.3 is 4.57 Å². The number of hydrogen-bond donors (Lipinski definition) is 0. The second kappa shape index (κ2) is 4.64. The maximum atomic E-state index is 12.4. The van der Waals surface area contributed by atoms with Gasteiger partial charge >= 0.3 is 0 Å². The Hall–Kier alpha value is -1.35. The van der Waals surface area contributed by atoms with Crippen LogP contribution in [-0.4, -0.2) is 9.55 Å². The van der Waals surface area contributed by atoms with Gasteiger partial charge in [0.25, 0.3) is 5.56 Å². The third-order valence-electron chi connectivity index (χ3n) is 4.16. The number of rotatable bonds is 1. The normalized spacial score (nSPS) is 16.4. The van der Waals surface area contributed by atoms with Crippen molar-refractivity contribution in [1.29, 1.82) is 0 Å². The van der Waals surface area contributed by atoms with Crippen molar-refractivity contribution in [1.82, 2.24) is 9.55 Å². The van der Waals surface area contributed by atoms with E-state index in [0.717, 1.165) is 34.9 Å². The topological polar surface area (TPSA) is 34.9 Å². The Labute approximate surface area is 117 Å². The smallest absolute Gasteiger partial charge is 0.251 e. The molecular weight excluding hydrogens is 260 g/mol. The summed E-state index contributed by atoms with van der Waals surface area (Å²) in [6.07, 6.45) is 6.34. The van der Waals surface area contributed by atoms with Crippen LogP contribution in [0.3, 0.4) is 0 Å². The van der Waals surface area contributed by atoms with Crippen molar-refractivity contribution in [3.8, 4) is 0 Å². The minimum atomic E-state index is 0.0854. The predicted molar refractivity (Wildman–Crippen MR) is 78.0 cm³/mol. The van der Waals surface area contributed by atoms with Crippen molar-refractivity contribution >= 4 is 22.5 Å². The highest BCUT2D eigenvalue weighted by molar-refractivity contribution is 6.30. The highest BCUT2D eigenvalue weighted by Crippen LogP contribution is 2.33. The molecule has 4 heteroatoms. The zero-order chi connectivity index (χ0) is 13.6. The third-order valence-corrected chi connectivity index (χ3v) is 4.54. The van der Waals surface area contributed by atoms with E-state index in [1.807, 2.05) is 18.4 Å². The van der Waals surface area contributed by atoms with Gasteiger partial charge in [0.2, 0.25) is 0 Å². The molecule has 0 radical (unpaired) electrons. The Morgan fingerprint density at radius 1 is 1.32 bits per heavy atom. The molecule has 3 rings (SSSR count). The van der Waals surface area contributed by atoms with Crippen LogP contribution >= 0.6 is 11.6 Å². The molecule has 2 aromatic heterocycles. The first kappa shape index (κ1) is 12.7. The van der Waals surface area contributed by atoms with Gasteiger partial charge in [0, 0.05) is 29.3 Å². The second-order valence-corrected chi connectivity index (χ2v) is 5.77. The summed E-state index contributed by atoms with van der Waals surface area (Å²) < 4.78 is 1.94. The minimum absolute atomic E-state index is 0.0854. The van der Waals surface area contributed by atoms with Gasteiger partial charge in [-0.2, -0.15) is 0 Å². The van der Waals surface area contributed by atoms with Gasteiger partial charge in [-0.1, -0.05) is 24.4 Å². The Kier molecular flexibility index (Phi) is 3.09. The molecule has 0 amide bonds. The average molecular weight is 277 g/mol. The highest BCUT2D eigenvalue weighted by atomic mass is 35.5. The van der Waals surface area contributed by atoms with E-state index in [0.29, 0.717) is 11.2 Å². The molecule has 0 aliphatic heterocycles. The highest BCUT2D eigenvalue weighted by Gasteiger charge is 2.22. The van der Waals surface area contributed by atoms with Crippen LogP contribution < -0.4 is 5.56 Å². The first-order chi connectivity index (χ1) is 9.09. The Morgan fingerprint density at radius 3 is 2.68 bits per heavy atom. The van der Waals surface area contributed by atoms with Gasteiger partial charge in [0.15, 0.2) is 0 Å². The van der Waals surface area contributed by atoms with Crippen molar-refractivity contribution < 1.29 is 0 Å². The number of halogens is 1. The third kappa shape index (κ3) is 1.96. The lowest BCUT2D eigenvalue weighted by atomic mass is 10.1. The minimum Gasteiger partial charge on any atom is -0.305 e. The molecule has 100 valence electrons. The molecule has 1 aliphatic carbocycles. The fraction of sp³-hybridized carbons (Fsp3) is 0.467. The van der Waals surface area contributed by atoms with E-state index in [9.17, 15) is 4.79 Å². The molecule has 1 aliphatic rings. The lowest BCUT2D eigenvalue weighted by molar-refractivity contribution is 0.518. The van der Waals surface area contributed by atoms with Crippen LogP contribution in [-0.2, 0) is 0 Å². The second-order valence-electron chi connectivity index (χ2n) is 5.41. The van der Waals surface area contributed by atoms with Crippen LogP contribution in [0.25, 0.3) is 10.9 Å². The Balaban J connectivity index is 2.42. The number of fused-ring (bicyclic) bond motifs is 1. The van der Waals surface area contributed by atoms with E-state index in [1.165, 1.54) is 12.8 Å². The molecule has 0 N–H and O–H groups in total. The molecule has 0 saturated heterocycles. The van der Waals surface area contributed by atoms with E-state index in [4.69, 9.17) is 11.6 Å². The predicted octanol–water partition coefficient (Wildman–Crippen LogP) is 3.78. The molecule has 1 fully saturated rings. The summed E-state index contributed by atoms with van der Waals surface area (Å²) in [7, 11) is 0. The standard InChI is InChI=1S/C15H17ClN2O/c1-9-7-13(19)18(11-5-3-4-6-11)14-10(2)15(16)17-8-12(9)14/h7-8,11H,3-6H2,1-2H3. The Bertz CT molecular complexity index is 699. The molecule has 3 nitrogen and oxygen atoms in total. The van der Waals surface area contributed by atoms with Gasteiger partial charge in [-0.25, -0.2) is 4.98 Å². The van der Waals surface area contributed by atoms with Gasteiger partial charge in [0.1, 0.15) is 5.15 Å². The van der Waals surface area contributed by atoms with Crippen molar-refractivity contribution in [3.63, 3.8) is 0 Å². The fourth-order valence-corrected chi connectivity index (χ4v) is 3.28. The summed E-state index contributed by atoms with van der Waals surface area (Å²) in [5.41, 5.74) is 2.94. The molecule has 0 aromatic carbocycles. The number of nitrogens with zero attached hydrogens (tertiary/aromatic N) is 2. The number of aryl methyl sites for hydroxylation is 2. The van der Waals surface area contributed by atoms with Crippen molar-refractivity contribution in [2.45, 2.75) is 45.6 Å². The molecule has 0 bridgehead atoms. The molecule has 2 aromatic rings. The van der Waals surface area contributed by atoms with Gasteiger partial charge in [-0.15, -0.1) is 0 Å². The van der Waals surface area contributed by atoms with Gasteiger partial charge in [-0.05, 0) is 32.3 Å². The van der Waals surface area contributed by atoms with E-state index >= 15 is 0 Å². The van der Waals surface area contributed by atoms with Crippen LogP contribution in [0.5, 0.6) is 0 Å². The SMILES string of the molecule is Cc1cc(=O)n(C2CCCC2)c2c(C)c(Cl)ncc12. The molecule has 1 saturated carbocycles. The van der Waals surface area contributed by atoms with Crippen LogP contribution in [0.2, 0.25) is 5.15 Å². The summed E-state index contributed by atoms with van der Waals surface area (Å²) in [6.45, 7) is 3.90. The molecule has 19 heavy (non-hydrogen) atoms. The maximum Gasteiger partial charge on any atom is 0.251 e. The summed E-state index contributed by atoms with van der Waals surface area (Å²) in [4.78, 5) is 16.6. The van der Waals surface area contributed by atoms with E-state index in [-0.39, 0.29) is 5.56 Å². The zero-order valence-corrected chi connectivity index (χ0v) is 12.0. The number of pyridine rings is 2. The van der Waals surface area contributed by atoms with Crippen LogP contribution in [0.4, 0.5) is 0 Å². The zero-order valence-electron chi connectivity index (χ0n) is 11.2. The molecule has 0 unspecified atom stereocenters. The van der Waals surface area contributed by atoms with Crippen molar-refractivity contribution in [2.24, 2.45) is 0 Å². The molecular formula is C15H17ClN2O. The van der Waals surface area contributed by atoms with E-state index in [1.54, 1.807) is 12.3 Å². The first-order valence-electron chi connectivity index (χ1n) is 6.76. The van der Waals surface area contributed by atoms with E-state index in [2.05, 4.69) is 4.98 Å². The number of hydrogen-bond acceptors (Lipinski definition) is 2. The lowest BCUT2D eigenvalue weighted by Gasteiger charge is -2.19. The molecule has 0 atom stereocenters. The fourth-order valence-electron chi connectivity index (χ4n) is 3.15. The lowest BCUT2D eigenvalue weighted by Crippen LogP contribution is -2.24. The largest absolute Gasteiger partial charge is 0.305 e. The van der Waals surface area contributed by atoms with Crippen LogP contribution in [0.15, 0.2) is 17.1 Å². The summed E-state index contributed by atoms with van der Waals surface area (Å²) in [5, 5.41) is 1.53. The Morgan fingerprint density at radius 2 is 2.00 bits per heavy atom. The van der Waals surface area contributed by atoms with Gasteiger partial charge in [-0.3, -0.25) is 4.79 Å². The summed E-state index contributed by atoms with van der Waals surface area (Å²) in [6, 6.07) is 2.03. The monoisotopic (exact) mass is 276 g/mol. The summed E-state index contributed by atoms with van der Waals surface area (Å²) in [5.74, 6) is 0. The molecule has 0 spiro atoms. The summed E-state index contributed by atoms with van der Waals surface area (Å²) >= 11 is 6.14.